The van der Waals surface area contributed by atoms with Crippen LogP contribution in [0.2, 0.25) is 0 Å². The minimum atomic E-state index is -0.981. The Morgan fingerprint density at radius 2 is 1.70 bits per heavy atom. The fourth-order valence-electron chi connectivity index (χ4n) is 1.10. The first-order chi connectivity index (χ1) is 12.8. The summed E-state index contributed by atoms with van der Waals surface area (Å²) in [4.78, 5) is 30.5. The van der Waals surface area contributed by atoms with Crippen LogP contribution in [-0.4, -0.2) is 29.6 Å². The van der Waals surface area contributed by atoms with E-state index in [4.69, 9.17) is 15.1 Å². The van der Waals surface area contributed by atoms with Crippen molar-refractivity contribution >= 4 is 17.9 Å². The summed E-state index contributed by atoms with van der Waals surface area (Å²) < 4.78 is 9.40. The predicted molar refractivity (Wildman–Crippen MR) is 100 cm³/mol. The SMILES string of the molecule is C=C(C)C(=O)OCc1ccccc1.C=CC(=O)O.C=CC(=O)OCCC#N. The van der Waals surface area contributed by atoms with Crippen molar-refractivity contribution in [2.24, 2.45) is 0 Å². The van der Waals surface area contributed by atoms with Gasteiger partial charge in [-0.25, -0.2) is 14.4 Å². The van der Waals surface area contributed by atoms with Gasteiger partial charge in [0.2, 0.25) is 0 Å². The zero-order valence-corrected chi connectivity index (χ0v) is 15.2. The molecule has 1 aromatic rings. The van der Waals surface area contributed by atoms with Gasteiger partial charge in [-0.3, -0.25) is 0 Å². The molecule has 0 amide bonds. The highest BCUT2D eigenvalue weighted by molar-refractivity contribution is 5.86. The van der Waals surface area contributed by atoms with Crippen LogP contribution in [0.1, 0.15) is 18.9 Å². The Kier molecular flexibility index (Phi) is 16.3. The van der Waals surface area contributed by atoms with Crippen LogP contribution in [0, 0.1) is 11.3 Å². The maximum absolute atomic E-state index is 11.0. The first kappa shape index (κ1) is 25.6. The highest BCUT2D eigenvalue weighted by Gasteiger charge is 2.02. The molecule has 0 aliphatic rings. The largest absolute Gasteiger partial charge is 0.478 e. The van der Waals surface area contributed by atoms with Crippen LogP contribution < -0.4 is 0 Å². The van der Waals surface area contributed by atoms with E-state index in [1.54, 1.807) is 6.92 Å². The van der Waals surface area contributed by atoms with Gasteiger partial charge in [-0.1, -0.05) is 50.1 Å². The van der Waals surface area contributed by atoms with E-state index in [0.29, 0.717) is 12.2 Å². The zero-order valence-electron chi connectivity index (χ0n) is 15.2. The van der Waals surface area contributed by atoms with E-state index in [1.807, 2.05) is 36.4 Å². The highest BCUT2D eigenvalue weighted by atomic mass is 16.5. The smallest absolute Gasteiger partial charge is 0.333 e. The van der Waals surface area contributed by atoms with E-state index >= 15 is 0 Å². The number of nitrogens with zero attached hydrogens (tertiary/aromatic N) is 1. The second kappa shape index (κ2) is 17.2. The molecular formula is C20H23NO6. The lowest BCUT2D eigenvalue weighted by Gasteiger charge is -2.03. The lowest BCUT2D eigenvalue weighted by molar-refractivity contribution is -0.140. The van der Waals surface area contributed by atoms with E-state index < -0.39 is 11.9 Å². The molecule has 144 valence electrons. The minimum absolute atomic E-state index is 0.154. The summed E-state index contributed by atoms with van der Waals surface area (Å²) in [7, 11) is 0. The molecule has 0 aliphatic heterocycles. The van der Waals surface area contributed by atoms with Gasteiger partial charge in [-0.05, 0) is 12.5 Å². The van der Waals surface area contributed by atoms with Gasteiger partial charge in [-0.2, -0.15) is 5.26 Å². The lowest BCUT2D eigenvalue weighted by atomic mass is 10.2. The monoisotopic (exact) mass is 373 g/mol. The molecule has 0 fully saturated rings. The fourth-order valence-corrected chi connectivity index (χ4v) is 1.10. The van der Waals surface area contributed by atoms with Crippen LogP contribution in [0.15, 0.2) is 67.8 Å². The molecule has 7 heteroatoms. The van der Waals surface area contributed by atoms with Gasteiger partial charge in [0.15, 0.2) is 0 Å². The highest BCUT2D eigenvalue weighted by Crippen LogP contribution is 2.02. The van der Waals surface area contributed by atoms with E-state index in [9.17, 15) is 14.4 Å². The number of rotatable bonds is 7. The fraction of sp³-hybridized carbons (Fsp3) is 0.200. The van der Waals surface area contributed by atoms with Crippen LogP contribution in [0.3, 0.4) is 0 Å². The Morgan fingerprint density at radius 3 is 2.11 bits per heavy atom. The molecule has 0 saturated heterocycles. The molecule has 7 nitrogen and oxygen atoms in total. The van der Waals surface area contributed by atoms with Crippen molar-refractivity contribution < 1.29 is 29.0 Å². The van der Waals surface area contributed by atoms with Gasteiger partial charge in [-0.15, -0.1) is 0 Å². The number of carbonyl (C=O) groups is 3. The first-order valence-corrected chi connectivity index (χ1v) is 7.66. The molecule has 0 unspecified atom stereocenters. The van der Waals surface area contributed by atoms with Crippen molar-refractivity contribution in [2.75, 3.05) is 6.61 Å². The summed E-state index contributed by atoms with van der Waals surface area (Å²) in [5.74, 6) is -1.81. The maximum atomic E-state index is 11.0. The van der Waals surface area contributed by atoms with E-state index in [0.717, 1.165) is 17.7 Å². The molecule has 0 bridgehead atoms. The normalized spacial score (nSPS) is 8.15. The average molecular weight is 373 g/mol. The minimum Gasteiger partial charge on any atom is -0.478 e. The predicted octanol–water partition coefficient (Wildman–Crippen LogP) is 3.19. The summed E-state index contributed by atoms with van der Waals surface area (Å²) in [6, 6.07) is 11.4. The number of hydrogen-bond acceptors (Lipinski definition) is 6. The summed E-state index contributed by atoms with van der Waals surface area (Å²) in [6.45, 7) is 11.7. The molecular weight excluding hydrogens is 350 g/mol. The summed E-state index contributed by atoms with van der Waals surface area (Å²) in [5.41, 5.74) is 1.41. The Morgan fingerprint density at radius 1 is 1.15 bits per heavy atom. The number of carboxylic acids is 1. The third-order valence-corrected chi connectivity index (χ3v) is 2.36. The Bertz CT molecular complexity index is 673. The molecule has 0 spiro atoms. The molecule has 0 radical (unpaired) electrons. The topological polar surface area (TPSA) is 114 Å². The van der Waals surface area contributed by atoms with Crippen LogP contribution in [-0.2, 0) is 30.5 Å². The number of nitriles is 1. The average Bonchev–Trinajstić information content (AvgIpc) is 2.67. The molecule has 0 aliphatic carbocycles. The quantitative estimate of drug-likeness (QED) is 0.443. The number of ether oxygens (including phenoxy) is 2. The number of benzene rings is 1. The van der Waals surface area contributed by atoms with Gasteiger partial charge in [0.1, 0.15) is 13.2 Å². The standard InChI is InChI=1S/C11H12O2.C6H7NO2.C3H4O2/c1-9(2)11(12)13-8-10-6-4-3-5-7-10;1-2-6(8)9-5-3-4-7;1-2-3(4)5/h3-7H,1,8H2,2H3;2H,1,3,5H2;2H,1H2,(H,4,5). The van der Waals surface area contributed by atoms with Crippen molar-refractivity contribution in [1.29, 1.82) is 5.26 Å². The molecule has 0 heterocycles. The summed E-state index contributed by atoms with van der Waals surface area (Å²) >= 11 is 0. The zero-order chi connectivity index (χ0) is 21.1. The van der Waals surface area contributed by atoms with E-state index in [-0.39, 0.29) is 19.0 Å². The third kappa shape index (κ3) is 18.5. The molecule has 1 N–H and O–H groups in total. The van der Waals surface area contributed by atoms with Crippen LogP contribution >= 0.6 is 0 Å². The van der Waals surface area contributed by atoms with Crippen molar-refractivity contribution in [3.63, 3.8) is 0 Å². The molecule has 1 aromatic carbocycles. The number of hydrogen-bond donors (Lipinski definition) is 1. The molecule has 0 atom stereocenters. The van der Waals surface area contributed by atoms with Crippen molar-refractivity contribution in [1.82, 2.24) is 0 Å². The second-order valence-electron chi connectivity index (χ2n) is 4.66. The Labute approximate surface area is 158 Å². The van der Waals surface area contributed by atoms with Gasteiger partial charge >= 0.3 is 17.9 Å². The number of carbonyl (C=O) groups excluding carboxylic acids is 2. The Balaban J connectivity index is 0. The summed E-state index contributed by atoms with van der Waals surface area (Å²) in [6.07, 6.45) is 2.14. The van der Waals surface area contributed by atoms with E-state index in [2.05, 4.69) is 24.5 Å². The molecule has 0 saturated carbocycles. The van der Waals surface area contributed by atoms with Crippen molar-refractivity contribution in [3.8, 4) is 6.07 Å². The van der Waals surface area contributed by atoms with Crippen LogP contribution in [0.4, 0.5) is 0 Å². The maximum Gasteiger partial charge on any atom is 0.333 e. The van der Waals surface area contributed by atoms with Gasteiger partial charge in [0, 0.05) is 17.7 Å². The van der Waals surface area contributed by atoms with Crippen LogP contribution in [0.5, 0.6) is 0 Å². The Hall–Kier alpha value is -3.66. The van der Waals surface area contributed by atoms with Crippen molar-refractivity contribution in [2.45, 2.75) is 20.0 Å². The molecule has 27 heavy (non-hydrogen) atoms. The lowest BCUT2D eigenvalue weighted by Crippen LogP contribution is -2.04. The first-order valence-electron chi connectivity index (χ1n) is 7.66. The van der Waals surface area contributed by atoms with Crippen LogP contribution in [0.25, 0.3) is 0 Å². The number of esters is 2. The van der Waals surface area contributed by atoms with E-state index in [1.165, 1.54) is 0 Å². The number of carboxylic acid groups (broad SMARTS) is 1. The molecule has 1 rings (SSSR count). The van der Waals surface area contributed by atoms with Gasteiger partial charge in [0.25, 0.3) is 0 Å². The van der Waals surface area contributed by atoms with Gasteiger partial charge < -0.3 is 14.6 Å². The summed E-state index contributed by atoms with van der Waals surface area (Å²) in [5, 5.41) is 15.6. The molecule has 0 aromatic heterocycles. The third-order valence-electron chi connectivity index (χ3n) is 2.36. The van der Waals surface area contributed by atoms with Gasteiger partial charge in [0.05, 0.1) is 12.5 Å². The van der Waals surface area contributed by atoms with Crippen molar-refractivity contribution in [3.05, 3.63) is 73.4 Å². The number of aliphatic carboxylic acids is 1. The second-order valence-corrected chi connectivity index (χ2v) is 4.66.